The lowest BCUT2D eigenvalue weighted by molar-refractivity contribution is 0.0602. The summed E-state index contributed by atoms with van der Waals surface area (Å²) in [7, 11) is 6.12. The molecule has 1 rings (SSSR count). The Balaban J connectivity index is 3.27. The SMILES string of the molecule is COC(=O)c1cc(C)ccc1[Si]#[Si][Si]. The van der Waals surface area contributed by atoms with Crippen molar-refractivity contribution < 1.29 is 9.53 Å². The zero-order chi connectivity index (χ0) is 10.6. The predicted octanol–water partition coefficient (Wildman–Crippen LogP) is -0.186. The van der Waals surface area contributed by atoms with Gasteiger partial charge in [-0.2, -0.15) is 0 Å². The molecule has 2 nitrogen and oxygen atoms in total. The monoisotopic (exact) mass is 233 g/mol. The number of esters is 1. The van der Waals surface area contributed by atoms with Crippen LogP contribution in [0.25, 0.3) is 0 Å². The molecule has 0 fully saturated rings. The van der Waals surface area contributed by atoms with E-state index in [-0.39, 0.29) is 5.97 Å². The quantitative estimate of drug-likeness (QED) is 0.497. The van der Waals surface area contributed by atoms with Crippen LogP contribution in [-0.2, 0) is 4.74 Å². The van der Waals surface area contributed by atoms with Gasteiger partial charge in [0.25, 0.3) is 0 Å². The fourth-order valence-electron chi connectivity index (χ4n) is 1.11. The molecule has 0 aliphatic carbocycles. The second-order valence-electron chi connectivity index (χ2n) is 2.79. The number of methoxy groups -OCH3 is 1. The van der Waals surface area contributed by atoms with E-state index in [2.05, 4.69) is 9.76 Å². The molecule has 0 saturated carbocycles. The third-order valence-electron chi connectivity index (χ3n) is 1.78. The van der Waals surface area contributed by atoms with Crippen molar-refractivity contribution in [2.75, 3.05) is 7.11 Å². The van der Waals surface area contributed by atoms with Gasteiger partial charge in [0, 0.05) is 5.19 Å². The van der Waals surface area contributed by atoms with Crippen molar-refractivity contribution in [2.24, 2.45) is 0 Å². The van der Waals surface area contributed by atoms with E-state index in [4.69, 9.17) is 4.74 Å². The highest BCUT2D eigenvalue weighted by Gasteiger charge is 2.09. The summed E-state index contributed by atoms with van der Waals surface area (Å²) in [4.78, 5) is 11.4. The Bertz CT molecular complexity index is 418. The summed E-state index contributed by atoms with van der Waals surface area (Å²) >= 11 is 0. The van der Waals surface area contributed by atoms with Crippen molar-refractivity contribution in [3.8, 4) is 0 Å². The van der Waals surface area contributed by atoms with E-state index in [0.717, 1.165) is 10.8 Å². The summed E-state index contributed by atoms with van der Waals surface area (Å²) in [6, 6.07) is 5.88. The Hall–Kier alpha value is -0.659. The first kappa shape index (κ1) is 11.4. The van der Waals surface area contributed by atoms with E-state index >= 15 is 0 Å². The number of benzene rings is 1. The lowest BCUT2D eigenvalue weighted by Gasteiger charge is -2.03. The molecule has 3 radical (unpaired) electrons. The van der Waals surface area contributed by atoms with Crippen molar-refractivity contribution in [1.29, 1.82) is 0 Å². The summed E-state index contributed by atoms with van der Waals surface area (Å²) in [5.74, 6) is -0.249. The molecule has 69 valence electrons. The Morgan fingerprint density at radius 1 is 1.50 bits per heavy atom. The van der Waals surface area contributed by atoms with Gasteiger partial charge in [-0.25, -0.2) is 4.79 Å². The molecule has 0 heterocycles. The zero-order valence-corrected chi connectivity index (χ0v) is 11.0. The summed E-state index contributed by atoms with van der Waals surface area (Å²) < 4.78 is 4.73. The first-order valence-electron chi connectivity index (χ1n) is 4.05. The van der Waals surface area contributed by atoms with Crippen molar-refractivity contribution in [1.82, 2.24) is 0 Å². The molecule has 0 N–H and O–H groups in total. The Labute approximate surface area is 90.5 Å². The summed E-state index contributed by atoms with van der Waals surface area (Å²) in [5.41, 5.74) is 1.77. The Kier molecular flexibility index (Phi) is 4.30. The average Bonchev–Trinajstić information content (AvgIpc) is 2.20. The molecule has 1 aromatic rings. The molecule has 14 heavy (non-hydrogen) atoms. The van der Waals surface area contributed by atoms with Crippen LogP contribution in [0, 0.1) is 6.92 Å². The molecule has 0 atom stereocenters. The van der Waals surface area contributed by atoms with Crippen LogP contribution in [0.15, 0.2) is 18.2 Å². The van der Waals surface area contributed by atoms with Gasteiger partial charge < -0.3 is 4.74 Å². The molecule has 0 aromatic heterocycles. The highest BCUT2D eigenvalue weighted by Crippen LogP contribution is 2.02. The maximum Gasteiger partial charge on any atom is 0.338 e. The molecule has 0 saturated heterocycles. The molecular formula is C9H9O2Si3. The van der Waals surface area contributed by atoms with Crippen LogP contribution in [0.5, 0.6) is 0 Å². The molecule has 0 aliphatic rings. The third kappa shape index (κ3) is 2.66. The number of carbonyl (C=O) groups is 1. The minimum atomic E-state index is -0.249. The lowest BCUT2D eigenvalue weighted by Crippen LogP contribution is -2.19. The molecular weight excluding hydrogens is 224 g/mol. The van der Waals surface area contributed by atoms with Gasteiger partial charge in [-0.3, -0.25) is 0 Å². The predicted molar refractivity (Wildman–Crippen MR) is 59.4 cm³/mol. The van der Waals surface area contributed by atoms with Crippen molar-refractivity contribution in [3.63, 3.8) is 0 Å². The minimum absolute atomic E-state index is 0.249. The van der Waals surface area contributed by atoms with E-state index in [1.54, 1.807) is 0 Å². The highest BCUT2D eigenvalue weighted by atomic mass is 29.2. The molecule has 0 bridgehead atoms. The van der Waals surface area contributed by atoms with E-state index < -0.39 is 0 Å². The molecule has 5 heteroatoms. The summed E-state index contributed by atoms with van der Waals surface area (Å²) in [6.07, 6.45) is 0. The molecule has 0 aliphatic heterocycles. The number of carbonyl (C=O) groups excluding carboxylic acids is 1. The van der Waals surface area contributed by atoms with Crippen molar-refractivity contribution in [2.45, 2.75) is 6.92 Å². The lowest BCUT2D eigenvalue weighted by atomic mass is 10.1. The van der Waals surface area contributed by atoms with Gasteiger partial charge in [-0.1, -0.05) is 25.6 Å². The van der Waals surface area contributed by atoms with Crippen LogP contribution >= 0.6 is 0 Å². The second-order valence-corrected chi connectivity index (χ2v) is 7.58. The van der Waals surface area contributed by atoms with Crippen LogP contribution in [0.4, 0.5) is 0 Å². The van der Waals surface area contributed by atoms with Crippen molar-refractivity contribution >= 4 is 37.3 Å². The highest BCUT2D eigenvalue weighted by molar-refractivity contribution is 6.98. The van der Waals surface area contributed by atoms with E-state index in [9.17, 15) is 4.79 Å². The number of hydrogen-bond acceptors (Lipinski definition) is 2. The van der Waals surface area contributed by atoms with Crippen LogP contribution in [0.3, 0.4) is 0 Å². The van der Waals surface area contributed by atoms with E-state index in [1.807, 2.05) is 25.1 Å². The minimum Gasteiger partial charge on any atom is -0.465 e. The topological polar surface area (TPSA) is 26.3 Å². The standard InChI is InChI=1S/C9H9O2Si3/c1-6-3-4-8(13-14-12)7(5-6)9(10)11-2/h3-5H,1-2H3. The third-order valence-corrected chi connectivity index (χ3v) is 4.92. The molecule has 0 amide bonds. The normalized spacial score (nSPS) is 8.79. The average molecular weight is 233 g/mol. The Morgan fingerprint density at radius 2 is 2.21 bits per heavy atom. The molecule has 1 aromatic carbocycles. The van der Waals surface area contributed by atoms with Gasteiger partial charge in [0.05, 0.1) is 22.4 Å². The van der Waals surface area contributed by atoms with Gasteiger partial charge in [-0.05, 0) is 21.4 Å². The summed E-state index contributed by atoms with van der Waals surface area (Å²) in [5, 5.41) is 1.07. The molecule has 0 unspecified atom stereocenters. The van der Waals surface area contributed by atoms with Crippen LogP contribution in [0.2, 0.25) is 0 Å². The van der Waals surface area contributed by atoms with Crippen molar-refractivity contribution in [3.05, 3.63) is 29.3 Å². The number of rotatable bonds is 1. The van der Waals surface area contributed by atoms with Crippen LogP contribution < -0.4 is 5.19 Å². The zero-order valence-electron chi connectivity index (χ0n) is 8.05. The second kappa shape index (κ2) is 5.28. The van der Waals surface area contributed by atoms with Crippen LogP contribution in [0.1, 0.15) is 15.9 Å². The van der Waals surface area contributed by atoms with E-state index in [0.29, 0.717) is 21.9 Å². The summed E-state index contributed by atoms with van der Waals surface area (Å²) in [6.45, 7) is 1.97. The first-order valence-corrected chi connectivity index (χ1v) is 8.55. The van der Waals surface area contributed by atoms with Gasteiger partial charge in [0.15, 0.2) is 0 Å². The first-order chi connectivity index (χ1) is 6.69. The number of aryl methyl sites for hydroxylation is 1. The largest absolute Gasteiger partial charge is 0.465 e. The van der Waals surface area contributed by atoms with E-state index in [1.165, 1.54) is 7.11 Å². The fraction of sp³-hybridized carbons (Fsp3) is 0.222. The number of hydrogen-bond donors (Lipinski definition) is 0. The maximum absolute atomic E-state index is 11.4. The van der Waals surface area contributed by atoms with Gasteiger partial charge in [0.1, 0.15) is 0 Å². The number of ether oxygens (including phenoxy) is 1. The van der Waals surface area contributed by atoms with Gasteiger partial charge in [0.2, 0.25) is 0 Å². The molecule has 0 spiro atoms. The Morgan fingerprint density at radius 3 is 2.79 bits per heavy atom. The van der Waals surface area contributed by atoms with Gasteiger partial charge >= 0.3 is 5.97 Å². The fourth-order valence-corrected chi connectivity index (χ4v) is 3.99. The van der Waals surface area contributed by atoms with Gasteiger partial charge in [-0.15, -0.1) is 0 Å². The maximum atomic E-state index is 11.4. The smallest absolute Gasteiger partial charge is 0.338 e. The van der Waals surface area contributed by atoms with Crippen LogP contribution in [-0.4, -0.2) is 39.2 Å².